The Morgan fingerprint density at radius 3 is 2.57 bits per heavy atom. The van der Waals surface area contributed by atoms with Crippen LogP contribution in [0.15, 0.2) is 18.3 Å². The minimum Gasteiger partial charge on any atom is -0.490 e. The van der Waals surface area contributed by atoms with Crippen molar-refractivity contribution in [3.63, 3.8) is 0 Å². The number of benzene rings is 1. The van der Waals surface area contributed by atoms with E-state index in [2.05, 4.69) is 10.4 Å². The number of rotatable bonds is 4. The SMILES string of the molecule is C[C@@H](Oc1cc(B2OC(C)(C)C(C)(C)O2)cc2nn(C)cc12)[C@H]1CNC(=O)C1. The van der Waals surface area contributed by atoms with E-state index in [0.29, 0.717) is 13.0 Å². The van der Waals surface area contributed by atoms with Crippen molar-refractivity contribution in [2.45, 2.75) is 58.3 Å². The minimum absolute atomic E-state index is 0.0814. The third kappa shape index (κ3) is 3.29. The number of hydrogen-bond acceptors (Lipinski definition) is 5. The molecule has 0 unspecified atom stereocenters. The Bertz CT molecular complexity index is 908. The normalized spacial score (nSPS) is 24.6. The van der Waals surface area contributed by atoms with E-state index >= 15 is 0 Å². The van der Waals surface area contributed by atoms with Gasteiger partial charge in [-0.2, -0.15) is 5.10 Å². The maximum atomic E-state index is 11.6. The van der Waals surface area contributed by atoms with Crippen LogP contribution in [-0.2, 0) is 21.2 Å². The lowest BCUT2D eigenvalue weighted by molar-refractivity contribution is -0.119. The quantitative estimate of drug-likeness (QED) is 0.813. The Morgan fingerprint density at radius 1 is 1.29 bits per heavy atom. The largest absolute Gasteiger partial charge is 0.495 e. The highest BCUT2D eigenvalue weighted by Crippen LogP contribution is 2.37. The van der Waals surface area contributed by atoms with Gasteiger partial charge < -0.3 is 19.4 Å². The number of carbonyl (C=O) groups is 1. The molecule has 0 aliphatic carbocycles. The first-order valence-electron chi connectivity index (χ1n) is 9.82. The Kier molecular flexibility index (Phi) is 4.47. The molecule has 0 saturated carbocycles. The molecule has 28 heavy (non-hydrogen) atoms. The van der Waals surface area contributed by atoms with Crippen molar-refractivity contribution in [2.24, 2.45) is 13.0 Å². The monoisotopic (exact) mass is 385 g/mol. The molecule has 1 amide bonds. The summed E-state index contributed by atoms with van der Waals surface area (Å²) >= 11 is 0. The fraction of sp³-hybridized carbons (Fsp3) is 0.600. The van der Waals surface area contributed by atoms with Crippen LogP contribution in [0.4, 0.5) is 0 Å². The van der Waals surface area contributed by atoms with Crippen molar-refractivity contribution >= 4 is 29.4 Å². The lowest BCUT2D eigenvalue weighted by Gasteiger charge is -2.32. The predicted octanol–water partition coefficient (Wildman–Crippen LogP) is 1.78. The molecule has 0 radical (unpaired) electrons. The second kappa shape index (κ2) is 6.49. The summed E-state index contributed by atoms with van der Waals surface area (Å²) in [4.78, 5) is 11.6. The van der Waals surface area contributed by atoms with Crippen LogP contribution in [0.2, 0.25) is 0 Å². The highest BCUT2D eigenvalue weighted by Gasteiger charge is 2.52. The maximum absolute atomic E-state index is 11.6. The molecule has 2 saturated heterocycles. The first-order chi connectivity index (χ1) is 13.1. The van der Waals surface area contributed by atoms with E-state index in [9.17, 15) is 4.79 Å². The summed E-state index contributed by atoms with van der Waals surface area (Å²) in [5.41, 5.74) is 0.882. The third-order valence-electron chi connectivity index (χ3n) is 6.24. The van der Waals surface area contributed by atoms with E-state index in [1.165, 1.54) is 0 Å². The Hall–Kier alpha value is -2.06. The summed E-state index contributed by atoms with van der Waals surface area (Å²) in [6.45, 7) is 10.8. The molecule has 2 aliphatic rings. The molecule has 7 nitrogen and oxygen atoms in total. The fourth-order valence-electron chi connectivity index (χ4n) is 3.70. The van der Waals surface area contributed by atoms with Crippen molar-refractivity contribution in [2.75, 3.05) is 6.54 Å². The number of fused-ring (bicyclic) bond motifs is 1. The van der Waals surface area contributed by atoms with E-state index < -0.39 is 18.3 Å². The highest BCUT2D eigenvalue weighted by molar-refractivity contribution is 6.62. The summed E-state index contributed by atoms with van der Waals surface area (Å²) in [7, 11) is 1.41. The molecule has 0 bridgehead atoms. The van der Waals surface area contributed by atoms with Gasteiger partial charge in [0.05, 0.1) is 22.1 Å². The summed E-state index contributed by atoms with van der Waals surface area (Å²) in [6, 6.07) is 3.97. The van der Waals surface area contributed by atoms with Crippen LogP contribution < -0.4 is 15.5 Å². The van der Waals surface area contributed by atoms with Gasteiger partial charge in [0, 0.05) is 32.1 Å². The zero-order valence-electron chi connectivity index (χ0n) is 17.4. The molecule has 4 rings (SSSR count). The number of carbonyl (C=O) groups excluding carboxylic acids is 1. The van der Waals surface area contributed by atoms with Crippen LogP contribution in [-0.4, -0.2) is 46.7 Å². The van der Waals surface area contributed by atoms with Crippen LogP contribution in [0.25, 0.3) is 10.9 Å². The summed E-state index contributed by atoms with van der Waals surface area (Å²) in [5, 5.41) is 8.37. The molecule has 1 aromatic carbocycles. The lowest BCUT2D eigenvalue weighted by atomic mass is 9.78. The molecule has 2 atom stereocenters. The molecule has 3 heterocycles. The van der Waals surface area contributed by atoms with E-state index in [-0.39, 0.29) is 17.9 Å². The van der Waals surface area contributed by atoms with Gasteiger partial charge >= 0.3 is 7.12 Å². The number of nitrogens with one attached hydrogen (secondary N) is 1. The van der Waals surface area contributed by atoms with Gasteiger partial charge in [-0.15, -0.1) is 0 Å². The van der Waals surface area contributed by atoms with E-state index in [0.717, 1.165) is 22.1 Å². The van der Waals surface area contributed by atoms with Crippen molar-refractivity contribution in [1.29, 1.82) is 0 Å². The van der Waals surface area contributed by atoms with Crippen LogP contribution in [0.1, 0.15) is 41.0 Å². The number of aryl methyl sites for hydroxylation is 1. The standard InChI is InChI=1S/C20H28BN3O4/c1-12(13-7-18(25)22-10-13)26-17-9-14(8-16-15(17)11-24(6)23-16)21-27-19(2,3)20(4,5)28-21/h8-9,11-13H,7,10H2,1-6H3,(H,22,25)/t12-,13-/m1/s1. The Balaban J connectivity index is 1.67. The van der Waals surface area contributed by atoms with Crippen LogP contribution in [0, 0.1) is 5.92 Å². The number of amides is 1. The number of nitrogens with zero attached hydrogens (tertiary/aromatic N) is 2. The van der Waals surface area contributed by atoms with Gasteiger partial charge in [0.1, 0.15) is 11.9 Å². The van der Waals surface area contributed by atoms with Gasteiger partial charge in [0.15, 0.2) is 0 Å². The van der Waals surface area contributed by atoms with E-state index in [4.69, 9.17) is 14.0 Å². The van der Waals surface area contributed by atoms with Crippen molar-refractivity contribution < 1.29 is 18.8 Å². The minimum atomic E-state index is -0.483. The van der Waals surface area contributed by atoms with Crippen LogP contribution >= 0.6 is 0 Å². The zero-order chi connectivity index (χ0) is 20.3. The first kappa shape index (κ1) is 19.3. The molecular weight excluding hydrogens is 357 g/mol. The molecular formula is C20H28BN3O4. The molecule has 0 spiro atoms. The van der Waals surface area contributed by atoms with Crippen LogP contribution in [0.3, 0.4) is 0 Å². The first-order valence-corrected chi connectivity index (χ1v) is 9.82. The molecule has 1 aromatic heterocycles. The molecule has 2 aromatic rings. The average Bonchev–Trinajstić information content (AvgIpc) is 3.23. The van der Waals surface area contributed by atoms with Gasteiger partial charge in [-0.1, -0.05) is 0 Å². The third-order valence-corrected chi connectivity index (χ3v) is 6.24. The molecule has 150 valence electrons. The predicted molar refractivity (Wildman–Crippen MR) is 108 cm³/mol. The topological polar surface area (TPSA) is 74.6 Å². The molecule has 1 N–H and O–H groups in total. The van der Waals surface area contributed by atoms with Gasteiger partial charge in [0.2, 0.25) is 5.91 Å². The van der Waals surface area contributed by atoms with Gasteiger partial charge in [-0.25, -0.2) is 0 Å². The van der Waals surface area contributed by atoms with Gasteiger partial charge in [-0.05, 0) is 52.2 Å². The maximum Gasteiger partial charge on any atom is 0.495 e. The summed E-state index contributed by atoms with van der Waals surface area (Å²) in [5.74, 6) is 0.972. The summed E-state index contributed by atoms with van der Waals surface area (Å²) < 4.78 is 20.5. The van der Waals surface area contributed by atoms with Crippen molar-refractivity contribution in [3.05, 3.63) is 18.3 Å². The number of aromatic nitrogens is 2. The summed E-state index contributed by atoms with van der Waals surface area (Å²) in [6.07, 6.45) is 2.34. The second-order valence-electron chi connectivity index (χ2n) is 8.93. The zero-order valence-corrected chi connectivity index (χ0v) is 17.4. The average molecular weight is 385 g/mol. The molecule has 2 aliphatic heterocycles. The Morgan fingerprint density at radius 2 is 1.96 bits per heavy atom. The van der Waals surface area contributed by atoms with Crippen molar-refractivity contribution in [1.82, 2.24) is 15.1 Å². The molecule has 8 heteroatoms. The van der Waals surface area contributed by atoms with Gasteiger partial charge in [0.25, 0.3) is 0 Å². The second-order valence-corrected chi connectivity index (χ2v) is 8.93. The highest BCUT2D eigenvalue weighted by atomic mass is 16.7. The fourth-order valence-corrected chi connectivity index (χ4v) is 3.70. The van der Waals surface area contributed by atoms with E-state index in [1.807, 2.05) is 60.0 Å². The number of ether oxygens (including phenoxy) is 1. The Labute approximate surface area is 165 Å². The lowest BCUT2D eigenvalue weighted by Crippen LogP contribution is -2.41. The van der Waals surface area contributed by atoms with Crippen molar-refractivity contribution in [3.8, 4) is 5.75 Å². The number of hydrogen-bond donors (Lipinski definition) is 1. The molecule has 2 fully saturated rings. The van der Waals surface area contributed by atoms with Crippen LogP contribution in [0.5, 0.6) is 5.75 Å². The van der Waals surface area contributed by atoms with Gasteiger partial charge in [-0.3, -0.25) is 9.48 Å². The smallest absolute Gasteiger partial charge is 0.490 e. The van der Waals surface area contributed by atoms with E-state index in [1.54, 1.807) is 4.68 Å².